The number of nitrogens with zero attached hydrogens (tertiary/aromatic N) is 2. The zero-order valence-electron chi connectivity index (χ0n) is 17.7. The van der Waals surface area contributed by atoms with Crippen LogP contribution >= 0.6 is 0 Å². The number of aromatic nitrogens is 1. The molecule has 0 saturated carbocycles. The Morgan fingerprint density at radius 3 is 2.38 bits per heavy atom. The molecule has 6 heteroatoms. The maximum Gasteiger partial charge on any atom is 0.416 e. The summed E-state index contributed by atoms with van der Waals surface area (Å²) >= 11 is 0. The van der Waals surface area contributed by atoms with Crippen molar-refractivity contribution in [3.05, 3.63) is 77.4 Å². The van der Waals surface area contributed by atoms with Crippen molar-refractivity contribution < 1.29 is 17.6 Å². The lowest BCUT2D eigenvalue weighted by Crippen LogP contribution is -2.21. The summed E-state index contributed by atoms with van der Waals surface area (Å²) in [6, 6.07) is 18.4. The van der Waals surface area contributed by atoms with Gasteiger partial charge in [0.25, 0.3) is 0 Å². The summed E-state index contributed by atoms with van der Waals surface area (Å²) in [5, 5.41) is 0. The molecule has 32 heavy (non-hydrogen) atoms. The molecule has 3 aromatic carbocycles. The van der Waals surface area contributed by atoms with Gasteiger partial charge in [0, 0.05) is 12.1 Å². The van der Waals surface area contributed by atoms with Crippen molar-refractivity contribution in [3.8, 4) is 22.6 Å². The molecular weight excluding hydrogens is 413 g/mol. The smallest absolute Gasteiger partial charge is 0.416 e. The summed E-state index contributed by atoms with van der Waals surface area (Å²) in [4.78, 5) is 6.64. The maximum atomic E-state index is 13.8. The van der Waals surface area contributed by atoms with Gasteiger partial charge in [-0.05, 0) is 73.3 Å². The number of hydrogen-bond donors (Lipinski definition) is 0. The highest BCUT2D eigenvalue weighted by atomic mass is 19.4. The summed E-state index contributed by atoms with van der Waals surface area (Å²) in [5.41, 5.74) is 4.06. The predicted octanol–water partition coefficient (Wildman–Crippen LogP) is 7.08. The van der Waals surface area contributed by atoms with E-state index in [-0.39, 0.29) is 17.7 Å². The van der Waals surface area contributed by atoms with Crippen LogP contribution in [0, 0.1) is 6.92 Å². The van der Waals surface area contributed by atoms with Gasteiger partial charge < -0.3 is 4.42 Å². The number of fused-ring (bicyclic) bond motifs is 1. The summed E-state index contributed by atoms with van der Waals surface area (Å²) < 4.78 is 47.3. The fourth-order valence-corrected chi connectivity index (χ4v) is 4.51. The van der Waals surface area contributed by atoms with Crippen LogP contribution in [0.4, 0.5) is 13.2 Å². The normalized spacial score (nSPS) is 15.0. The topological polar surface area (TPSA) is 29.3 Å². The van der Waals surface area contributed by atoms with Gasteiger partial charge in [-0.1, -0.05) is 42.5 Å². The Morgan fingerprint density at radius 1 is 0.938 bits per heavy atom. The third kappa shape index (κ3) is 3.91. The fraction of sp³-hybridized carbons (Fsp3) is 0.269. The number of alkyl halides is 3. The van der Waals surface area contributed by atoms with E-state index in [1.165, 1.54) is 0 Å². The van der Waals surface area contributed by atoms with Crippen LogP contribution in [0.15, 0.2) is 65.1 Å². The third-order valence-corrected chi connectivity index (χ3v) is 6.16. The number of benzene rings is 3. The zero-order valence-corrected chi connectivity index (χ0v) is 17.7. The standard InChI is InChI=1S/C26H23F3N2O/c1-17-20(18-8-3-2-4-9-18)10-7-11-21(17)25-30-23-14-19(16-31-12-5-6-13-31)22(26(27,28)29)15-24(23)32-25/h2-4,7-11,14-15H,5-6,12-13,16H2,1H3. The van der Waals surface area contributed by atoms with E-state index in [1.807, 2.05) is 55.5 Å². The van der Waals surface area contributed by atoms with Gasteiger partial charge in [0.15, 0.2) is 5.58 Å². The summed E-state index contributed by atoms with van der Waals surface area (Å²) in [6.45, 7) is 3.90. The Hall–Kier alpha value is -3.12. The number of halogens is 3. The van der Waals surface area contributed by atoms with Gasteiger partial charge in [-0.2, -0.15) is 13.2 Å². The van der Waals surface area contributed by atoms with Crippen LogP contribution in [0.2, 0.25) is 0 Å². The molecule has 1 saturated heterocycles. The van der Waals surface area contributed by atoms with E-state index in [0.717, 1.165) is 54.3 Å². The minimum Gasteiger partial charge on any atom is -0.436 e. The number of hydrogen-bond acceptors (Lipinski definition) is 3. The molecule has 1 fully saturated rings. The van der Waals surface area contributed by atoms with E-state index < -0.39 is 11.7 Å². The Kier molecular flexibility index (Phi) is 5.25. The highest BCUT2D eigenvalue weighted by Gasteiger charge is 2.35. The van der Waals surface area contributed by atoms with Crippen molar-refractivity contribution >= 4 is 11.1 Å². The lowest BCUT2D eigenvalue weighted by atomic mass is 9.96. The Labute approximate surface area is 184 Å². The number of rotatable bonds is 4. The van der Waals surface area contributed by atoms with Crippen LogP contribution in [0.3, 0.4) is 0 Å². The Bertz CT molecular complexity index is 1260. The van der Waals surface area contributed by atoms with Gasteiger partial charge in [0.05, 0.1) is 5.56 Å². The van der Waals surface area contributed by atoms with E-state index >= 15 is 0 Å². The zero-order chi connectivity index (χ0) is 22.3. The second-order valence-corrected chi connectivity index (χ2v) is 8.32. The molecular formula is C26H23F3N2O. The first-order chi connectivity index (χ1) is 15.4. The van der Waals surface area contributed by atoms with Crippen LogP contribution in [0.1, 0.15) is 29.5 Å². The van der Waals surface area contributed by atoms with E-state index in [2.05, 4.69) is 9.88 Å². The molecule has 0 aliphatic carbocycles. The molecule has 0 spiro atoms. The number of likely N-dealkylation sites (tertiary alicyclic amines) is 1. The van der Waals surface area contributed by atoms with Gasteiger partial charge in [-0.3, -0.25) is 4.90 Å². The predicted molar refractivity (Wildman–Crippen MR) is 119 cm³/mol. The van der Waals surface area contributed by atoms with Crippen LogP contribution in [-0.2, 0) is 12.7 Å². The van der Waals surface area contributed by atoms with Gasteiger partial charge in [0.2, 0.25) is 5.89 Å². The molecule has 5 rings (SSSR count). The third-order valence-electron chi connectivity index (χ3n) is 6.16. The largest absolute Gasteiger partial charge is 0.436 e. The van der Waals surface area contributed by atoms with Crippen LogP contribution in [0.25, 0.3) is 33.7 Å². The van der Waals surface area contributed by atoms with Crippen molar-refractivity contribution in [1.82, 2.24) is 9.88 Å². The van der Waals surface area contributed by atoms with Crippen molar-refractivity contribution in [3.63, 3.8) is 0 Å². The van der Waals surface area contributed by atoms with Crippen molar-refractivity contribution in [1.29, 1.82) is 0 Å². The van der Waals surface area contributed by atoms with E-state index in [0.29, 0.717) is 11.4 Å². The molecule has 0 unspecified atom stereocenters. The monoisotopic (exact) mass is 436 g/mol. The first-order valence-electron chi connectivity index (χ1n) is 10.8. The SMILES string of the molecule is Cc1c(-c2ccccc2)cccc1-c1nc2cc(CN3CCCC3)c(C(F)(F)F)cc2o1. The molecule has 0 radical (unpaired) electrons. The minimum atomic E-state index is -4.45. The quantitative estimate of drug-likeness (QED) is 0.342. The van der Waals surface area contributed by atoms with Gasteiger partial charge >= 0.3 is 6.18 Å². The summed E-state index contributed by atoms with van der Waals surface area (Å²) in [6.07, 6.45) is -2.40. The van der Waals surface area contributed by atoms with Crippen LogP contribution < -0.4 is 0 Å². The highest BCUT2D eigenvalue weighted by molar-refractivity contribution is 5.81. The lowest BCUT2D eigenvalue weighted by Gasteiger charge is -2.18. The van der Waals surface area contributed by atoms with Gasteiger partial charge in [0.1, 0.15) is 5.52 Å². The number of oxazole rings is 1. The molecule has 1 aliphatic heterocycles. The first kappa shape index (κ1) is 20.8. The van der Waals surface area contributed by atoms with Crippen LogP contribution in [-0.4, -0.2) is 23.0 Å². The Morgan fingerprint density at radius 2 is 1.66 bits per heavy atom. The van der Waals surface area contributed by atoms with Gasteiger partial charge in [-0.15, -0.1) is 0 Å². The van der Waals surface area contributed by atoms with E-state index in [1.54, 1.807) is 6.07 Å². The van der Waals surface area contributed by atoms with Gasteiger partial charge in [-0.25, -0.2) is 4.98 Å². The van der Waals surface area contributed by atoms with Crippen molar-refractivity contribution in [2.45, 2.75) is 32.5 Å². The molecule has 0 amide bonds. The molecule has 4 aromatic rings. The van der Waals surface area contributed by atoms with E-state index in [4.69, 9.17) is 4.42 Å². The lowest BCUT2D eigenvalue weighted by molar-refractivity contribution is -0.138. The first-order valence-corrected chi connectivity index (χ1v) is 10.8. The molecule has 0 bridgehead atoms. The molecule has 164 valence electrons. The van der Waals surface area contributed by atoms with Crippen LogP contribution in [0.5, 0.6) is 0 Å². The second kappa shape index (κ2) is 8.10. The summed E-state index contributed by atoms with van der Waals surface area (Å²) in [7, 11) is 0. The molecule has 3 nitrogen and oxygen atoms in total. The molecule has 1 aromatic heterocycles. The average Bonchev–Trinajstić information content (AvgIpc) is 3.43. The molecule has 1 aliphatic rings. The van der Waals surface area contributed by atoms with E-state index in [9.17, 15) is 13.2 Å². The highest BCUT2D eigenvalue weighted by Crippen LogP contribution is 2.38. The molecule has 0 atom stereocenters. The average molecular weight is 436 g/mol. The minimum absolute atomic E-state index is 0.155. The Balaban J connectivity index is 1.59. The molecule has 2 heterocycles. The van der Waals surface area contributed by atoms with Crippen molar-refractivity contribution in [2.75, 3.05) is 13.1 Å². The molecule has 0 N–H and O–H groups in total. The van der Waals surface area contributed by atoms with Crippen molar-refractivity contribution in [2.24, 2.45) is 0 Å². The maximum absolute atomic E-state index is 13.8. The fourth-order valence-electron chi connectivity index (χ4n) is 4.51. The summed E-state index contributed by atoms with van der Waals surface area (Å²) in [5.74, 6) is 0.335. The second-order valence-electron chi connectivity index (χ2n) is 8.32.